The first-order valence-corrected chi connectivity index (χ1v) is 11.7. The van der Waals surface area contributed by atoms with Gasteiger partial charge in [0.05, 0.1) is 11.0 Å². The van der Waals surface area contributed by atoms with Crippen LogP contribution in [-0.2, 0) is 11.3 Å². The Kier molecular flexibility index (Phi) is 5.67. The zero-order valence-corrected chi connectivity index (χ0v) is 19.3. The number of benzene rings is 2. The zero-order chi connectivity index (χ0) is 22.9. The third-order valence-electron chi connectivity index (χ3n) is 6.73. The van der Waals surface area contributed by atoms with Crippen LogP contribution in [0.4, 0.5) is 5.69 Å². The molecule has 0 spiro atoms. The summed E-state index contributed by atoms with van der Waals surface area (Å²) < 4.78 is 3.75. The van der Waals surface area contributed by atoms with Gasteiger partial charge in [-0.15, -0.1) is 0 Å². The van der Waals surface area contributed by atoms with Gasteiger partial charge in [0, 0.05) is 50.5 Å². The van der Waals surface area contributed by atoms with E-state index in [1.54, 1.807) is 0 Å². The van der Waals surface area contributed by atoms with Crippen molar-refractivity contribution in [2.24, 2.45) is 0 Å². The highest BCUT2D eigenvalue weighted by Crippen LogP contribution is 2.22. The molecular formula is C27H30N4O2. The Labute approximate surface area is 193 Å². The smallest absolute Gasteiger partial charge is 0.275 e. The number of piperazine rings is 1. The molecule has 2 aromatic carbocycles. The number of hydrogen-bond acceptors (Lipinski definition) is 3. The Bertz CT molecular complexity index is 1370. The van der Waals surface area contributed by atoms with Crippen molar-refractivity contribution in [1.82, 2.24) is 13.9 Å². The molecule has 4 aromatic rings. The van der Waals surface area contributed by atoms with Crippen molar-refractivity contribution in [2.45, 2.75) is 39.3 Å². The molecular weight excluding hydrogens is 412 g/mol. The van der Waals surface area contributed by atoms with E-state index in [-0.39, 0.29) is 17.5 Å². The molecule has 170 valence electrons. The first kappa shape index (κ1) is 21.3. The number of carbonyl (C=O) groups excluding carboxylic acids is 1. The number of amides is 1. The molecule has 1 aliphatic heterocycles. The Hall–Kier alpha value is -3.54. The van der Waals surface area contributed by atoms with Gasteiger partial charge < -0.3 is 18.8 Å². The molecule has 1 fully saturated rings. The van der Waals surface area contributed by atoms with E-state index in [0.717, 1.165) is 30.7 Å². The first-order valence-electron chi connectivity index (χ1n) is 11.7. The van der Waals surface area contributed by atoms with Gasteiger partial charge in [0.15, 0.2) is 0 Å². The van der Waals surface area contributed by atoms with E-state index in [1.165, 1.54) is 11.3 Å². The van der Waals surface area contributed by atoms with Crippen molar-refractivity contribution in [3.8, 4) is 0 Å². The molecule has 1 amide bonds. The third kappa shape index (κ3) is 4.01. The molecule has 1 saturated heterocycles. The Morgan fingerprint density at radius 2 is 1.76 bits per heavy atom. The quantitative estimate of drug-likeness (QED) is 0.468. The van der Waals surface area contributed by atoms with Gasteiger partial charge in [-0.3, -0.25) is 9.59 Å². The fourth-order valence-corrected chi connectivity index (χ4v) is 5.05. The molecule has 2 aromatic heterocycles. The van der Waals surface area contributed by atoms with Crippen LogP contribution >= 0.6 is 0 Å². The predicted molar refractivity (Wildman–Crippen MR) is 133 cm³/mol. The summed E-state index contributed by atoms with van der Waals surface area (Å²) in [7, 11) is 0. The van der Waals surface area contributed by atoms with Crippen LogP contribution in [0.15, 0.2) is 71.7 Å². The van der Waals surface area contributed by atoms with Gasteiger partial charge in [0.25, 0.3) is 5.56 Å². The van der Waals surface area contributed by atoms with Gasteiger partial charge in [-0.05, 0) is 62.2 Å². The molecule has 6 heteroatoms. The van der Waals surface area contributed by atoms with Crippen LogP contribution in [0, 0.1) is 6.92 Å². The summed E-state index contributed by atoms with van der Waals surface area (Å²) in [5, 5.41) is 0. The van der Waals surface area contributed by atoms with Gasteiger partial charge in [0.1, 0.15) is 5.52 Å². The summed E-state index contributed by atoms with van der Waals surface area (Å²) >= 11 is 0. The van der Waals surface area contributed by atoms with Gasteiger partial charge >= 0.3 is 0 Å². The van der Waals surface area contributed by atoms with E-state index in [4.69, 9.17) is 0 Å². The maximum atomic E-state index is 13.1. The van der Waals surface area contributed by atoms with Crippen molar-refractivity contribution in [2.75, 3.05) is 24.5 Å². The number of carbonyl (C=O) groups is 1. The highest BCUT2D eigenvalue weighted by atomic mass is 16.2. The van der Waals surface area contributed by atoms with Gasteiger partial charge in [0.2, 0.25) is 5.91 Å². The lowest BCUT2D eigenvalue weighted by Crippen LogP contribution is -2.53. The minimum Gasteiger partial charge on any atom is -0.365 e. The van der Waals surface area contributed by atoms with Gasteiger partial charge in [-0.25, -0.2) is 0 Å². The molecule has 1 aliphatic rings. The van der Waals surface area contributed by atoms with E-state index < -0.39 is 0 Å². The fourth-order valence-electron chi connectivity index (χ4n) is 5.05. The van der Waals surface area contributed by atoms with Crippen LogP contribution in [0.1, 0.15) is 25.3 Å². The average Bonchev–Trinajstić information content (AvgIpc) is 3.31. The summed E-state index contributed by atoms with van der Waals surface area (Å²) in [6.07, 6.45) is 3.01. The Balaban J connectivity index is 1.25. The van der Waals surface area contributed by atoms with E-state index in [1.807, 2.05) is 56.5 Å². The number of para-hydroxylation sites is 2. The third-order valence-corrected chi connectivity index (χ3v) is 6.73. The SMILES string of the molecule is Cc1cccc(N2CCN(C(=O)CCCn3c(=O)c4cccn4c4ccccc43)C[C@H]2C)c1. The number of anilines is 1. The molecule has 5 rings (SSSR count). The lowest BCUT2D eigenvalue weighted by atomic mass is 10.1. The molecule has 0 radical (unpaired) electrons. The summed E-state index contributed by atoms with van der Waals surface area (Å²) in [6.45, 7) is 7.12. The summed E-state index contributed by atoms with van der Waals surface area (Å²) in [5.41, 5.74) is 5.04. The second-order valence-electron chi connectivity index (χ2n) is 9.03. The molecule has 0 saturated carbocycles. The van der Waals surface area contributed by atoms with Crippen molar-refractivity contribution in [3.05, 3.63) is 82.8 Å². The van der Waals surface area contributed by atoms with E-state index in [0.29, 0.717) is 24.9 Å². The normalized spacial score (nSPS) is 16.6. The minimum absolute atomic E-state index is 0.00783. The van der Waals surface area contributed by atoms with Crippen LogP contribution in [0.2, 0.25) is 0 Å². The van der Waals surface area contributed by atoms with Crippen LogP contribution < -0.4 is 10.5 Å². The number of fused-ring (bicyclic) bond motifs is 3. The molecule has 1 atom stereocenters. The maximum Gasteiger partial charge on any atom is 0.275 e. The summed E-state index contributed by atoms with van der Waals surface area (Å²) in [4.78, 5) is 30.4. The average molecular weight is 443 g/mol. The number of hydrogen-bond donors (Lipinski definition) is 0. The summed E-state index contributed by atoms with van der Waals surface area (Å²) in [5.74, 6) is 0.173. The first-order chi connectivity index (χ1) is 16.0. The lowest BCUT2D eigenvalue weighted by molar-refractivity contribution is -0.132. The van der Waals surface area contributed by atoms with Crippen molar-refractivity contribution >= 4 is 28.1 Å². The molecule has 3 heterocycles. The standard InChI is InChI=1S/C27H30N4O2/c1-20-8-5-9-22(18-20)29-17-16-28(19-21(29)2)26(32)13-7-15-31-24-11-4-3-10-23(24)30-14-6-12-25(30)27(31)33/h3-6,8-12,14,18,21H,7,13,15-17,19H2,1-2H3/t21-/m1/s1. The second-order valence-corrected chi connectivity index (χ2v) is 9.03. The monoisotopic (exact) mass is 442 g/mol. The molecule has 33 heavy (non-hydrogen) atoms. The van der Waals surface area contributed by atoms with Crippen molar-refractivity contribution < 1.29 is 4.79 Å². The number of nitrogens with zero attached hydrogens (tertiary/aromatic N) is 4. The molecule has 0 N–H and O–H groups in total. The number of aromatic nitrogens is 2. The minimum atomic E-state index is -0.00783. The summed E-state index contributed by atoms with van der Waals surface area (Å²) in [6, 6.07) is 20.5. The van der Waals surface area contributed by atoms with Crippen LogP contribution in [0.25, 0.3) is 16.6 Å². The second kappa shape index (κ2) is 8.77. The van der Waals surface area contributed by atoms with Crippen molar-refractivity contribution in [1.29, 1.82) is 0 Å². The molecule has 0 unspecified atom stereocenters. The fraction of sp³-hybridized carbons (Fsp3) is 0.333. The highest BCUT2D eigenvalue weighted by molar-refractivity contribution is 5.79. The lowest BCUT2D eigenvalue weighted by Gasteiger charge is -2.41. The van der Waals surface area contributed by atoms with Crippen LogP contribution in [0.3, 0.4) is 0 Å². The maximum absolute atomic E-state index is 13.1. The predicted octanol–water partition coefficient (Wildman–Crippen LogP) is 4.08. The van der Waals surface area contributed by atoms with Gasteiger partial charge in [-0.2, -0.15) is 0 Å². The van der Waals surface area contributed by atoms with Crippen molar-refractivity contribution in [3.63, 3.8) is 0 Å². The topological polar surface area (TPSA) is 50.0 Å². The van der Waals surface area contributed by atoms with E-state index in [2.05, 4.69) is 43.0 Å². The Morgan fingerprint density at radius 1 is 0.970 bits per heavy atom. The van der Waals surface area contributed by atoms with Crippen LogP contribution in [-0.4, -0.2) is 45.5 Å². The van der Waals surface area contributed by atoms with E-state index in [9.17, 15) is 9.59 Å². The highest BCUT2D eigenvalue weighted by Gasteiger charge is 2.26. The van der Waals surface area contributed by atoms with Gasteiger partial charge in [-0.1, -0.05) is 24.3 Å². The number of rotatable bonds is 5. The van der Waals surface area contributed by atoms with E-state index >= 15 is 0 Å². The number of aryl methyl sites for hydroxylation is 2. The molecule has 0 bridgehead atoms. The zero-order valence-electron chi connectivity index (χ0n) is 19.3. The molecule has 6 nitrogen and oxygen atoms in total. The molecule has 0 aliphatic carbocycles. The largest absolute Gasteiger partial charge is 0.365 e. The van der Waals surface area contributed by atoms with Crippen LogP contribution in [0.5, 0.6) is 0 Å². The Morgan fingerprint density at radius 3 is 2.55 bits per heavy atom.